The van der Waals surface area contributed by atoms with Gasteiger partial charge in [-0.3, -0.25) is 0 Å². The minimum absolute atomic E-state index is 0.0196. The smallest absolute Gasteiger partial charge is 0.131 e. The molecular formula is C12H18FNO. The second-order valence-electron chi connectivity index (χ2n) is 3.49. The van der Waals surface area contributed by atoms with E-state index in [1.54, 1.807) is 19.2 Å². The third-order valence-electron chi connectivity index (χ3n) is 2.51. The lowest BCUT2D eigenvalue weighted by Crippen LogP contribution is -2.18. The molecule has 1 rings (SSSR count). The van der Waals surface area contributed by atoms with Gasteiger partial charge in [0.05, 0.1) is 7.11 Å². The fourth-order valence-electron chi connectivity index (χ4n) is 1.76. The van der Waals surface area contributed by atoms with Gasteiger partial charge in [-0.25, -0.2) is 4.39 Å². The van der Waals surface area contributed by atoms with E-state index in [0.717, 1.165) is 12.8 Å². The molecule has 1 atom stereocenters. The summed E-state index contributed by atoms with van der Waals surface area (Å²) in [5, 5.41) is 3.11. The maximum absolute atomic E-state index is 13.7. The van der Waals surface area contributed by atoms with Crippen LogP contribution in [0, 0.1) is 5.82 Å². The second-order valence-corrected chi connectivity index (χ2v) is 3.49. The highest BCUT2D eigenvalue weighted by Crippen LogP contribution is 2.30. The van der Waals surface area contributed by atoms with Crippen LogP contribution in [0.4, 0.5) is 4.39 Å². The number of ether oxygens (including phenoxy) is 1. The maximum Gasteiger partial charge on any atom is 0.131 e. The number of halogens is 1. The van der Waals surface area contributed by atoms with Crippen LogP contribution >= 0.6 is 0 Å². The summed E-state index contributed by atoms with van der Waals surface area (Å²) < 4.78 is 18.9. The Morgan fingerprint density at radius 1 is 1.47 bits per heavy atom. The van der Waals surface area contributed by atoms with Crippen LogP contribution in [0.25, 0.3) is 0 Å². The first-order valence-electron chi connectivity index (χ1n) is 5.24. The second kappa shape index (κ2) is 5.71. The molecule has 0 aliphatic rings. The molecule has 0 fully saturated rings. The summed E-state index contributed by atoms with van der Waals surface area (Å²) in [7, 11) is 3.41. The van der Waals surface area contributed by atoms with Crippen molar-refractivity contribution in [3.05, 3.63) is 29.6 Å². The zero-order valence-corrected chi connectivity index (χ0v) is 9.51. The summed E-state index contributed by atoms with van der Waals surface area (Å²) in [5.74, 6) is 0.407. The van der Waals surface area contributed by atoms with Crippen molar-refractivity contribution in [1.29, 1.82) is 0 Å². The third kappa shape index (κ3) is 2.69. The van der Waals surface area contributed by atoms with Gasteiger partial charge in [-0.2, -0.15) is 0 Å². The minimum atomic E-state index is -0.206. The van der Waals surface area contributed by atoms with E-state index in [1.807, 2.05) is 7.05 Å². The first-order chi connectivity index (χ1) is 7.24. The molecule has 0 bridgehead atoms. The van der Waals surface area contributed by atoms with Crippen molar-refractivity contribution in [3.63, 3.8) is 0 Å². The zero-order valence-electron chi connectivity index (χ0n) is 9.51. The molecule has 0 aliphatic heterocycles. The summed E-state index contributed by atoms with van der Waals surface area (Å²) >= 11 is 0. The standard InChI is InChI=1S/C12H18FNO/c1-4-6-10(14-2)12-9(13)7-5-8-11(12)15-3/h5,7-8,10,14H,4,6H2,1-3H3. The number of rotatable bonds is 5. The molecule has 0 saturated carbocycles. The molecule has 0 aromatic heterocycles. The van der Waals surface area contributed by atoms with Gasteiger partial charge < -0.3 is 10.1 Å². The van der Waals surface area contributed by atoms with Crippen LogP contribution in [0.15, 0.2) is 18.2 Å². The summed E-state index contributed by atoms with van der Waals surface area (Å²) in [6, 6.07) is 4.94. The lowest BCUT2D eigenvalue weighted by molar-refractivity contribution is 0.389. The predicted octanol–water partition coefficient (Wildman–Crippen LogP) is 2.89. The van der Waals surface area contributed by atoms with Gasteiger partial charge in [0.15, 0.2) is 0 Å². The van der Waals surface area contributed by atoms with Crippen molar-refractivity contribution in [2.75, 3.05) is 14.2 Å². The van der Waals surface area contributed by atoms with Crippen LogP contribution in [-0.4, -0.2) is 14.2 Å². The lowest BCUT2D eigenvalue weighted by Gasteiger charge is -2.19. The number of hydrogen-bond acceptors (Lipinski definition) is 2. The minimum Gasteiger partial charge on any atom is -0.496 e. The Hall–Kier alpha value is -1.09. The van der Waals surface area contributed by atoms with Crippen molar-refractivity contribution in [2.45, 2.75) is 25.8 Å². The topological polar surface area (TPSA) is 21.3 Å². The normalized spacial score (nSPS) is 12.5. The first-order valence-corrected chi connectivity index (χ1v) is 5.24. The number of hydrogen-bond donors (Lipinski definition) is 1. The Morgan fingerprint density at radius 2 is 2.20 bits per heavy atom. The molecule has 84 valence electrons. The van der Waals surface area contributed by atoms with Crippen molar-refractivity contribution in [2.24, 2.45) is 0 Å². The fraction of sp³-hybridized carbons (Fsp3) is 0.500. The van der Waals surface area contributed by atoms with E-state index >= 15 is 0 Å². The van der Waals surface area contributed by atoms with Crippen LogP contribution in [0.5, 0.6) is 5.75 Å². The van der Waals surface area contributed by atoms with Crippen molar-refractivity contribution >= 4 is 0 Å². The average molecular weight is 211 g/mol. The van der Waals surface area contributed by atoms with Crippen molar-refractivity contribution in [3.8, 4) is 5.75 Å². The van der Waals surface area contributed by atoms with Gasteiger partial charge in [-0.1, -0.05) is 19.4 Å². The van der Waals surface area contributed by atoms with E-state index in [0.29, 0.717) is 11.3 Å². The van der Waals surface area contributed by atoms with E-state index in [9.17, 15) is 4.39 Å². The first kappa shape index (κ1) is 12.0. The van der Waals surface area contributed by atoms with Crippen LogP contribution in [0.3, 0.4) is 0 Å². The highest BCUT2D eigenvalue weighted by molar-refractivity contribution is 5.37. The molecule has 3 heteroatoms. The van der Waals surface area contributed by atoms with E-state index in [-0.39, 0.29) is 11.9 Å². The van der Waals surface area contributed by atoms with Gasteiger partial charge in [-0.05, 0) is 25.6 Å². The molecule has 0 radical (unpaired) electrons. The van der Waals surface area contributed by atoms with Gasteiger partial charge in [0.25, 0.3) is 0 Å². The Morgan fingerprint density at radius 3 is 2.73 bits per heavy atom. The van der Waals surface area contributed by atoms with E-state index in [1.165, 1.54) is 6.07 Å². The number of benzene rings is 1. The molecule has 1 N–H and O–H groups in total. The predicted molar refractivity (Wildman–Crippen MR) is 59.7 cm³/mol. The Balaban J connectivity index is 3.08. The highest BCUT2D eigenvalue weighted by atomic mass is 19.1. The Bertz CT molecular complexity index is 314. The SMILES string of the molecule is CCCC(NC)c1c(F)cccc1OC. The largest absolute Gasteiger partial charge is 0.496 e. The summed E-state index contributed by atoms with van der Waals surface area (Å²) in [6.07, 6.45) is 1.90. The summed E-state index contributed by atoms with van der Waals surface area (Å²) in [5.41, 5.74) is 0.629. The maximum atomic E-state index is 13.7. The van der Waals surface area contributed by atoms with Crippen LogP contribution in [0.2, 0.25) is 0 Å². The highest BCUT2D eigenvalue weighted by Gasteiger charge is 2.17. The molecule has 1 aromatic carbocycles. The van der Waals surface area contributed by atoms with Gasteiger partial charge in [-0.15, -0.1) is 0 Å². The zero-order chi connectivity index (χ0) is 11.3. The van der Waals surface area contributed by atoms with Crippen molar-refractivity contribution < 1.29 is 9.13 Å². The van der Waals surface area contributed by atoms with E-state index in [4.69, 9.17) is 4.74 Å². The molecular weight excluding hydrogens is 193 g/mol. The quantitative estimate of drug-likeness (QED) is 0.808. The summed E-state index contributed by atoms with van der Waals surface area (Å²) in [6.45, 7) is 2.08. The van der Waals surface area contributed by atoms with Gasteiger partial charge in [0, 0.05) is 11.6 Å². The molecule has 1 aromatic rings. The van der Waals surface area contributed by atoms with Crippen LogP contribution in [-0.2, 0) is 0 Å². The van der Waals surface area contributed by atoms with Crippen LogP contribution < -0.4 is 10.1 Å². The molecule has 0 heterocycles. The van der Waals surface area contributed by atoms with Gasteiger partial charge in [0.2, 0.25) is 0 Å². The molecule has 0 spiro atoms. The molecule has 1 unspecified atom stereocenters. The monoisotopic (exact) mass is 211 g/mol. The Labute approximate surface area is 90.4 Å². The van der Waals surface area contributed by atoms with E-state index in [2.05, 4.69) is 12.2 Å². The van der Waals surface area contributed by atoms with Crippen molar-refractivity contribution in [1.82, 2.24) is 5.32 Å². The molecule has 0 amide bonds. The van der Waals surface area contributed by atoms with Crippen LogP contribution in [0.1, 0.15) is 31.4 Å². The average Bonchev–Trinajstić information content (AvgIpc) is 2.26. The van der Waals surface area contributed by atoms with E-state index < -0.39 is 0 Å². The van der Waals surface area contributed by atoms with Gasteiger partial charge >= 0.3 is 0 Å². The molecule has 0 aliphatic carbocycles. The molecule has 0 saturated heterocycles. The molecule has 15 heavy (non-hydrogen) atoms. The fourth-order valence-corrected chi connectivity index (χ4v) is 1.76. The van der Waals surface area contributed by atoms with Gasteiger partial charge in [0.1, 0.15) is 11.6 Å². The number of methoxy groups -OCH3 is 1. The third-order valence-corrected chi connectivity index (χ3v) is 2.51. The summed E-state index contributed by atoms with van der Waals surface area (Å²) in [4.78, 5) is 0. The molecule has 2 nitrogen and oxygen atoms in total. The number of nitrogens with one attached hydrogen (secondary N) is 1. The Kier molecular flexibility index (Phi) is 4.56. The lowest BCUT2D eigenvalue weighted by atomic mass is 10.0.